The summed E-state index contributed by atoms with van der Waals surface area (Å²) in [6.45, 7) is 7.68. The maximum Gasteiger partial charge on any atom is 0.238 e. The molecule has 0 bridgehead atoms. The van der Waals surface area contributed by atoms with Gasteiger partial charge in [-0.15, -0.1) is 0 Å². The van der Waals surface area contributed by atoms with Crippen LogP contribution in [-0.2, 0) is 9.59 Å². The van der Waals surface area contributed by atoms with Gasteiger partial charge in [0.15, 0.2) is 0 Å². The van der Waals surface area contributed by atoms with E-state index >= 15 is 0 Å². The van der Waals surface area contributed by atoms with E-state index in [4.69, 9.17) is 0 Å². The van der Waals surface area contributed by atoms with E-state index in [1.165, 1.54) is 6.92 Å². The number of nitrogens with zero attached hydrogens (tertiary/aromatic N) is 2. The van der Waals surface area contributed by atoms with Gasteiger partial charge < -0.3 is 15.5 Å². The van der Waals surface area contributed by atoms with E-state index in [9.17, 15) is 9.59 Å². The van der Waals surface area contributed by atoms with Crippen LogP contribution in [0.3, 0.4) is 0 Å². The fourth-order valence-corrected chi connectivity index (χ4v) is 2.71. The second-order valence-corrected chi connectivity index (χ2v) is 6.21. The number of nitrogens with one attached hydrogen (secondary N) is 2. The standard InChI is InChI=1S/C17H26N4O2/c1-13-5-6-15(18-14(2)22)16(11-13)19-17(23)12-21-8-4-7-20(3)9-10-21/h5-6,11H,4,7-10,12H2,1-3H3,(H,18,22)(H,19,23). The van der Waals surface area contributed by atoms with Crippen molar-refractivity contribution in [3.05, 3.63) is 23.8 Å². The minimum absolute atomic E-state index is 0.0493. The summed E-state index contributed by atoms with van der Waals surface area (Å²) < 4.78 is 0. The minimum atomic E-state index is -0.153. The molecular weight excluding hydrogens is 292 g/mol. The molecule has 0 atom stereocenters. The topological polar surface area (TPSA) is 64.7 Å². The van der Waals surface area contributed by atoms with Crippen molar-refractivity contribution >= 4 is 23.2 Å². The summed E-state index contributed by atoms with van der Waals surface area (Å²) in [6.07, 6.45) is 1.07. The first-order valence-electron chi connectivity index (χ1n) is 8.03. The summed E-state index contributed by atoms with van der Waals surface area (Å²) in [4.78, 5) is 28.1. The predicted octanol–water partition coefficient (Wildman–Crippen LogP) is 1.53. The number of carbonyl (C=O) groups excluding carboxylic acids is 2. The quantitative estimate of drug-likeness (QED) is 0.884. The second-order valence-electron chi connectivity index (χ2n) is 6.21. The molecule has 1 aliphatic rings. The van der Waals surface area contributed by atoms with Crippen LogP contribution in [0.15, 0.2) is 18.2 Å². The van der Waals surface area contributed by atoms with E-state index in [2.05, 4.69) is 27.5 Å². The maximum absolute atomic E-state index is 12.3. The van der Waals surface area contributed by atoms with Crippen LogP contribution in [0, 0.1) is 6.92 Å². The van der Waals surface area contributed by atoms with E-state index in [1.54, 1.807) is 0 Å². The van der Waals surface area contributed by atoms with Crippen LogP contribution in [0.4, 0.5) is 11.4 Å². The van der Waals surface area contributed by atoms with Gasteiger partial charge in [0.25, 0.3) is 0 Å². The number of carbonyl (C=O) groups is 2. The van der Waals surface area contributed by atoms with Gasteiger partial charge in [0.05, 0.1) is 17.9 Å². The number of benzene rings is 1. The zero-order valence-electron chi connectivity index (χ0n) is 14.2. The Morgan fingerprint density at radius 2 is 1.87 bits per heavy atom. The van der Waals surface area contributed by atoms with Crippen molar-refractivity contribution in [3.63, 3.8) is 0 Å². The van der Waals surface area contributed by atoms with Gasteiger partial charge in [-0.1, -0.05) is 6.07 Å². The van der Waals surface area contributed by atoms with Crippen molar-refractivity contribution in [1.82, 2.24) is 9.80 Å². The van der Waals surface area contributed by atoms with Crippen LogP contribution >= 0.6 is 0 Å². The summed E-state index contributed by atoms with van der Waals surface area (Å²) in [5.74, 6) is -0.202. The van der Waals surface area contributed by atoms with E-state index in [1.807, 2.05) is 25.1 Å². The Balaban J connectivity index is 1.99. The molecular formula is C17H26N4O2. The van der Waals surface area contributed by atoms with Gasteiger partial charge in [0.1, 0.15) is 0 Å². The number of amides is 2. The summed E-state index contributed by atoms with van der Waals surface area (Å²) in [5, 5.41) is 5.68. The Bertz CT molecular complexity index is 574. The lowest BCUT2D eigenvalue weighted by atomic mass is 10.2. The van der Waals surface area contributed by atoms with E-state index < -0.39 is 0 Å². The van der Waals surface area contributed by atoms with Crippen molar-refractivity contribution in [2.75, 3.05) is 50.4 Å². The number of hydrogen-bond donors (Lipinski definition) is 2. The molecule has 0 saturated carbocycles. The largest absolute Gasteiger partial charge is 0.325 e. The molecule has 2 rings (SSSR count). The normalized spacial score (nSPS) is 16.7. The number of rotatable bonds is 4. The van der Waals surface area contributed by atoms with Crippen LogP contribution in [0.5, 0.6) is 0 Å². The van der Waals surface area contributed by atoms with Gasteiger partial charge in [0.2, 0.25) is 11.8 Å². The van der Waals surface area contributed by atoms with E-state index in [-0.39, 0.29) is 11.8 Å². The highest BCUT2D eigenvalue weighted by molar-refractivity contribution is 5.99. The smallest absolute Gasteiger partial charge is 0.238 e. The van der Waals surface area contributed by atoms with E-state index in [0.29, 0.717) is 17.9 Å². The molecule has 1 aromatic rings. The summed E-state index contributed by atoms with van der Waals surface area (Å²) >= 11 is 0. The zero-order chi connectivity index (χ0) is 16.8. The summed E-state index contributed by atoms with van der Waals surface area (Å²) in [6, 6.07) is 5.60. The van der Waals surface area contributed by atoms with Gasteiger partial charge in [-0.25, -0.2) is 0 Å². The molecule has 1 saturated heterocycles. The predicted molar refractivity (Wildman–Crippen MR) is 92.7 cm³/mol. The fourth-order valence-electron chi connectivity index (χ4n) is 2.71. The fraction of sp³-hybridized carbons (Fsp3) is 0.529. The summed E-state index contributed by atoms with van der Waals surface area (Å²) in [5.41, 5.74) is 2.31. The number of hydrogen-bond acceptors (Lipinski definition) is 4. The highest BCUT2D eigenvalue weighted by Crippen LogP contribution is 2.23. The third-order valence-corrected chi connectivity index (χ3v) is 3.94. The lowest BCUT2D eigenvalue weighted by molar-refractivity contribution is -0.117. The molecule has 0 spiro atoms. The molecule has 6 nitrogen and oxygen atoms in total. The van der Waals surface area contributed by atoms with Crippen molar-refractivity contribution in [1.29, 1.82) is 0 Å². The van der Waals surface area contributed by atoms with Crippen LogP contribution in [0.2, 0.25) is 0 Å². The Kier molecular flexibility index (Phi) is 6.12. The highest BCUT2D eigenvalue weighted by Gasteiger charge is 2.16. The van der Waals surface area contributed by atoms with Gasteiger partial charge >= 0.3 is 0 Å². The third-order valence-electron chi connectivity index (χ3n) is 3.94. The maximum atomic E-state index is 12.3. The average Bonchev–Trinajstić information content (AvgIpc) is 2.66. The third kappa shape index (κ3) is 5.65. The first-order chi connectivity index (χ1) is 10.9. The molecule has 1 aliphatic heterocycles. The van der Waals surface area contributed by atoms with Crippen LogP contribution in [0.25, 0.3) is 0 Å². The van der Waals surface area contributed by atoms with Crippen LogP contribution in [0.1, 0.15) is 18.9 Å². The first kappa shape index (κ1) is 17.4. The highest BCUT2D eigenvalue weighted by atomic mass is 16.2. The van der Waals surface area contributed by atoms with Gasteiger partial charge in [0, 0.05) is 20.0 Å². The van der Waals surface area contributed by atoms with Crippen molar-refractivity contribution < 1.29 is 9.59 Å². The number of anilines is 2. The number of aryl methyl sites for hydroxylation is 1. The summed E-state index contributed by atoms with van der Waals surface area (Å²) in [7, 11) is 2.11. The zero-order valence-corrected chi connectivity index (χ0v) is 14.2. The minimum Gasteiger partial charge on any atom is -0.325 e. The molecule has 6 heteroatoms. The molecule has 1 fully saturated rings. The van der Waals surface area contributed by atoms with Gasteiger partial charge in [-0.3, -0.25) is 14.5 Å². The average molecular weight is 318 g/mol. The molecule has 2 N–H and O–H groups in total. The molecule has 1 aromatic carbocycles. The van der Waals surface area contributed by atoms with Crippen LogP contribution < -0.4 is 10.6 Å². The van der Waals surface area contributed by atoms with Crippen molar-refractivity contribution in [2.45, 2.75) is 20.3 Å². The Morgan fingerprint density at radius 1 is 1.09 bits per heavy atom. The Hall–Kier alpha value is -1.92. The molecule has 23 heavy (non-hydrogen) atoms. The molecule has 0 aliphatic carbocycles. The number of likely N-dealkylation sites (N-methyl/N-ethyl adjacent to an activating group) is 1. The van der Waals surface area contributed by atoms with E-state index in [0.717, 1.165) is 38.2 Å². The molecule has 126 valence electrons. The lowest BCUT2D eigenvalue weighted by Crippen LogP contribution is -2.36. The Morgan fingerprint density at radius 3 is 2.61 bits per heavy atom. The molecule has 0 unspecified atom stereocenters. The van der Waals surface area contributed by atoms with Crippen LogP contribution in [-0.4, -0.2) is 61.4 Å². The molecule has 0 radical (unpaired) electrons. The van der Waals surface area contributed by atoms with Crippen molar-refractivity contribution in [3.8, 4) is 0 Å². The van der Waals surface area contributed by atoms with Gasteiger partial charge in [-0.05, 0) is 51.2 Å². The monoisotopic (exact) mass is 318 g/mol. The Labute approximate surface area is 137 Å². The van der Waals surface area contributed by atoms with Gasteiger partial charge in [-0.2, -0.15) is 0 Å². The molecule has 0 aromatic heterocycles. The van der Waals surface area contributed by atoms with Crippen molar-refractivity contribution in [2.24, 2.45) is 0 Å². The SMILES string of the molecule is CC(=O)Nc1ccc(C)cc1NC(=O)CN1CCCN(C)CC1. The first-order valence-corrected chi connectivity index (χ1v) is 8.03. The second kappa shape index (κ2) is 8.08. The lowest BCUT2D eigenvalue weighted by Gasteiger charge is -2.20. The molecule has 2 amide bonds. The molecule has 1 heterocycles.